The summed E-state index contributed by atoms with van der Waals surface area (Å²) in [5, 5.41) is 5.47. The van der Waals surface area contributed by atoms with E-state index in [0.29, 0.717) is 23.3 Å². The summed E-state index contributed by atoms with van der Waals surface area (Å²) in [5.74, 6) is 0.352. The highest BCUT2D eigenvalue weighted by Crippen LogP contribution is 2.29. The minimum Gasteiger partial charge on any atom is -0.497 e. The van der Waals surface area contributed by atoms with E-state index in [1.54, 1.807) is 6.07 Å². The lowest BCUT2D eigenvalue weighted by atomic mass is 9.78. The Morgan fingerprint density at radius 3 is 2.30 bits per heavy atom. The van der Waals surface area contributed by atoms with Crippen molar-refractivity contribution in [2.75, 3.05) is 20.8 Å². The van der Waals surface area contributed by atoms with Crippen LogP contribution in [0.25, 0.3) is 0 Å². The Bertz CT molecular complexity index is 744. The lowest BCUT2D eigenvalue weighted by Crippen LogP contribution is -2.48. The lowest BCUT2D eigenvalue weighted by molar-refractivity contribution is -0.154. The molecule has 8 heteroatoms. The molecule has 0 bridgehead atoms. The van der Waals surface area contributed by atoms with Crippen LogP contribution in [0.2, 0.25) is 0 Å². The summed E-state index contributed by atoms with van der Waals surface area (Å²) in [7, 11) is 2.96. The zero-order valence-electron chi connectivity index (χ0n) is 18.3. The van der Waals surface area contributed by atoms with Crippen molar-refractivity contribution in [2.24, 2.45) is 11.8 Å². The van der Waals surface area contributed by atoms with Crippen LogP contribution in [0.5, 0.6) is 11.5 Å². The third-order valence-corrected chi connectivity index (χ3v) is 5.72. The van der Waals surface area contributed by atoms with E-state index in [1.807, 2.05) is 0 Å². The molecule has 1 aliphatic rings. The van der Waals surface area contributed by atoms with Gasteiger partial charge in [-0.1, -0.05) is 26.7 Å². The van der Waals surface area contributed by atoms with Crippen molar-refractivity contribution in [2.45, 2.75) is 52.2 Å². The summed E-state index contributed by atoms with van der Waals surface area (Å²) in [6, 6.07) is 4.79. The number of methoxy groups -OCH3 is 2. The molecule has 8 nitrogen and oxygen atoms in total. The first-order valence-electron chi connectivity index (χ1n) is 10.3. The van der Waals surface area contributed by atoms with Gasteiger partial charge in [-0.05, 0) is 37.3 Å². The minimum absolute atomic E-state index is 0.0881. The largest absolute Gasteiger partial charge is 0.497 e. The van der Waals surface area contributed by atoms with E-state index in [-0.39, 0.29) is 24.1 Å². The second kappa shape index (κ2) is 10.8. The predicted octanol–water partition coefficient (Wildman–Crippen LogP) is 2.31. The Morgan fingerprint density at radius 1 is 1.07 bits per heavy atom. The van der Waals surface area contributed by atoms with Crippen LogP contribution >= 0.6 is 0 Å². The maximum absolute atomic E-state index is 12.4. The van der Waals surface area contributed by atoms with Crippen molar-refractivity contribution in [3.63, 3.8) is 0 Å². The number of carbonyl (C=O) groups excluding carboxylic acids is 3. The summed E-state index contributed by atoms with van der Waals surface area (Å²) >= 11 is 0. The summed E-state index contributed by atoms with van der Waals surface area (Å²) in [4.78, 5) is 36.8. The fourth-order valence-electron chi connectivity index (χ4n) is 3.57. The number of ether oxygens (including phenoxy) is 3. The van der Waals surface area contributed by atoms with E-state index in [0.717, 1.165) is 19.3 Å². The fraction of sp³-hybridized carbons (Fsp3) is 0.591. The number of benzene rings is 1. The number of esters is 1. The van der Waals surface area contributed by atoms with Gasteiger partial charge in [0.05, 0.1) is 14.2 Å². The molecule has 1 fully saturated rings. The molecule has 1 aliphatic carbocycles. The lowest BCUT2D eigenvalue weighted by Gasteiger charge is -2.35. The van der Waals surface area contributed by atoms with Crippen LogP contribution in [0.1, 0.15) is 50.4 Å². The van der Waals surface area contributed by atoms with Crippen molar-refractivity contribution in [3.8, 4) is 11.5 Å². The smallest absolute Gasteiger partial charge is 0.326 e. The van der Waals surface area contributed by atoms with Crippen molar-refractivity contribution in [3.05, 3.63) is 23.8 Å². The molecular weight excluding hydrogens is 388 g/mol. The van der Waals surface area contributed by atoms with E-state index in [2.05, 4.69) is 24.5 Å². The highest BCUT2D eigenvalue weighted by molar-refractivity contribution is 5.97. The Labute approximate surface area is 177 Å². The van der Waals surface area contributed by atoms with Gasteiger partial charge >= 0.3 is 5.97 Å². The van der Waals surface area contributed by atoms with Gasteiger partial charge in [0.2, 0.25) is 0 Å². The number of carbonyl (C=O) groups is 3. The Hall–Kier alpha value is -2.77. The normalized spacial score (nSPS) is 21.8. The first kappa shape index (κ1) is 23.5. The molecule has 1 aromatic rings. The molecular formula is C22H32N2O6. The van der Waals surface area contributed by atoms with Crippen molar-refractivity contribution >= 4 is 17.8 Å². The number of nitrogens with one attached hydrogen (secondary N) is 2. The molecule has 0 saturated heterocycles. The molecule has 1 aromatic carbocycles. The average Bonchev–Trinajstić information content (AvgIpc) is 2.74. The topological polar surface area (TPSA) is 103 Å². The van der Waals surface area contributed by atoms with Gasteiger partial charge < -0.3 is 24.8 Å². The highest BCUT2D eigenvalue weighted by Gasteiger charge is 2.30. The molecule has 0 radical (unpaired) electrons. The van der Waals surface area contributed by atoms with Gasteiger partial charge in [0.25, 0.3) is 11.8 Å². The molecule has 1 saturated carbocycles. The van der Waals surface area contributed by atoms with Crippen molar-refractivity contribution < 1.29 is 28.6 Å². The van der Waals surface area contributed by atoms with E-state index in [1.165, 1.54) is 33.3 Å². The van der Waals surface area contributed by atoms with Gasteiger partial charge in [0.15, 0.2) is 6.10 Å². The summed E-state index contributed by atoms with van der Waals surface area (Å²) in [5.41, 5.74) is 0.283. The maximum atomic E-state index is 12.4. The van der Waals surface area contributed by atoms with E-state index in [9.17, 15) is 14.4 Å². The van der Waals surface area contributed by atoms with Crippen LogP contribution in [0.4, 0.5) is 0 Å². The number of rotatable bonds is 8. The number of hydrogen-bond donors (Lipinski definition) is 2. The van der Waals surface area contributed by atoms with E-state index < -0.39 is 18.0 Å². The molecule has 4 atom stereocenters. The Morgan fingerprint density at radius 2 is 1.70 bits per heavy atom. The number of hydrogen-bond acceptors (Lipinski definition) is 6. The van der Waals surface area contributed by atoms with Crippen LogP contribution in [-0.4, -0.2) is 50.7 Å². The molecule has 166 valence electrons. The van der Waals surface area contributed by atoms with Gasteiger partial charge in [-0.3, -0.25) is 14.4 Å². The number of amides is 2. The van der Waals surface area contributed by atoms with Gasteiger partial charge in [-0.25, -0.2) is 0 Å². The molecule has 2 rings (SSSR count). The second-order valence-corrected chi connectivity index (χ2v) is 7.80. The van der Waals surface area contributed by atoms with Gasteiger partial charge in [0, 0.05) is 17.7 Å². The zero-order chi connectivity index (χ0) is 22.3. The zero-order valence-corrected chi connectivity index (χ0v) is 18.3. The molecule has 30 heavy (non-hydrogen) atoms. The molecule has 2 amide bonds. The highest BCUT2D eigenvalue weighted by atomic mass is 16.5. The first-order valence-corrected chi connectivity index (χ1v) is 10.3. The summed E-state index contributed by atoms with van der Waals surface area (Å²) < 4.78 is 15.4. The van der Waals surface area contributed by atoms with Crippen LogP contribution in [0.3, 0.4) is 0 Å². The Balaban J connectivity index is 1.83. The monoisotopic (exact) mass is 420 g/mol. The first-order chi connectivity index (χ1) is 14.2. The van der Waals surface area contributed by atoms with Gasteiger partial charge in [-0.15, -0.1) is 0 Å². The minimum atomic E-state index is -0.934. The fourth-order valence-corrected chi connectivity index (χ4v) is 3.57. The van der Waals surface area contributed by atoms with Crippen LogP contribution < -0.4 is 20.1 Å². The molecule has 0 heterocycles. The standard InChI is InChI=1S/C22H32N2O6/c1-13-7-6-8-19(14(13)2)24-21(26)15(3)30-20(25)12-23-22(27)16-9-17(28-4)11-18(10-16)29-5/h9-11,13-15,19H,6-8,12H2,1-5H3,(H,23,27)(H,24,26)/t13-,14+,15+,19+/m0/s1. The van der Waals surface area contributed by atoms with Crippen LogP contribution in [0, 0.1) is 11.8 Å². The SMILES string of the molecule is COc1cc(OC)cc(C(=O)NCC(=O)O[C@H](C)C(=O)N[C@@H]2CCC[C@H](C)[C@H]2C)c1. The van der Waals surface area contributed by atoms with E-state index >= 15 is 0 Å². The molecule has 0 unspecified atom stereocenters. The molecule has 2 N–H and O–H groups in total. The second-order valence-electron chi connectivity index (χ2n) is 7.80. The van der Waals surface area contributed by atoms with Gasteiger partial charge in [-0.2, -0.15) is 0 Å². The summed E-state index contributed by atoms with van der Waals surface area (Å²) in [6.07, 6.45) is 2.23. The average molecular weight is 421 g/mol. The van der Waals surface area contributed by atoms with Gasteiger partial charge in [0.1, 0.15) is 18.0 Å². The predicted molar refractivity (Wildman–Crippen MR) is 112 cm³/mol. The van der Waals surface area contributed by atoms with Crippen LogP contribution in [0.15, 0.2) is 18.2 Å². The van der Waals surface area contributed by atoms with Crippen LogP contribution in [-0.2, 0) is 14.3 Å². The molecule has 0 aromatic heterocycles. The van der Waals surface area contributed by atoms with Crippen molar-refractivity contribution in [1.29, 1.82) is 0 Å². The summed E-state index contributed by atoms with van der Waals surface area (Å²) in [6.45, 7) is 5.49. The quantitative estimate of drug-likeness (QED) is 0.626. The molecule has 0 spiro atoms. The molecule has 0 aliphatic heterocycles. The maximum Gasteiger partial charge on any atom is 0.326 e. The Kier molecular flexibility index (Phi) is 8.50. The van der Waals surface area contributed by atoms with E-state index in [4.69, 9.17) is 14.2 Å². The third kappa shape index (κ3) is 6.37. The third-order valence-electron chi connectivity index (χ3n) is 5.72. The van der Waals surface area contributed by atoms with Crippen molar-refractivity contribution in [1.82, 2.24) is 10.6 Å².